The van der Waals surface area contributed by atoms with Crippen LogP contribution in [0.2, 0.25) is 0 Å². The van der Waals surface area contributed by atoms with Gasteiger partial charge in [0.2, 0.25) is 10.0 Å². The van der Waals surface area contributed by atoms with Gasteiger partial charge in [-0.2, -0.15) is 0 Å². The SMILES string of the molecule is CCc1nc2ccc(C3CCN(S(C)(=O)=O)CC3)cn2c1N(C)c1nc(-c2ccc(C)cc2O)cs1. The molecule has 10 heteroatoms. The van der Waals surface area contributed by atoms with E-state index >= 15 is 0 Å². The Bertz CT molecular complexity index is 1520. The Morgan fingerprint density at radius 2 is 1.92 bits per heavy atom. The molecule has 36 heavy (non-hydrogen) atoms. The van der Waals surface area contributed by atoms with E-state index in [4.69, 9.17) is 9.97 Å². The number of thiazole rings is 1. The number of phenols is 1. The van der Waals surface area contributed by atoms with Gasteiger partial charge in [0.1, 0.15) is 17.2 Å². The number of piperidine rings is 1. The van der Waals surface area contributed by atoms with Gasteiger partial charge in [0.25, 0.3) is 0 Å². The van der Waals surface area contributed by atoms with Crippen LogP contribution in [0, 0.1) is 6.92 Å². The van der Waals surface area contributed by atoms with Gasteiger partial charge < -0.3 is 10.0 Å². The van der Waals surface area contributed by atoms with Crippen LogP contribution in [-0.2, 0) is 16.4 Å². The molecule has 0 saturated carbocycles. The van der Waals surface area contributed by atoms with Crippen LogP contribution in [-0.4, -0.2) is 58.6 Å². The maximum absolute atomic E-state index is 11.9. The van der Waals surface area contributed by atoms with Crippen molar-refractivity contribution >= 4 is 38.0 Å². The first-order valence-corrected chi connectivity index (χ1v) is 14.8. The number of benzene rings is 1. The van der Waals surface area contributed by atoms with Gasteiger partial charge in [0.15, 0.2) is 5.13 Å². The van der Waals surface area contributed by atoms with Gasteiger partial charge in [-0.1, -0.05) is 19.1 Å². The first kappa shape index (κ1) is 24.7. The zero-order chi connectivity index (χ0) is 25.6. The molecular formula is C26H31N5O3S2. The molecule has 4 heterocycles. The van der Waals surface area contributed by atoms with Crippen molar-refractivity contribution < 1.29 is 13.5 Å². The summed E-state index contributed by atoms with van der Waals surface area (Å²) in [6.45, 7) is 5.14. The van der Waals surface area contributed by atoms with Crippen LogP contribution in [0.25, 0.3) is 16.9 Å². The molecule has 0 spiro atoms. The molecular weight excluding hydrogens is 494 g/mol. The molecule has 3 aromatic heterocycles. The van der Waals surface area contributed by atoms with Crippen molar-refractivity contribution in [3.8, 4) is 17.0 Å². The van der Waals surface area contributed by atoms with E-state index in [9.17, 15) is 13.5 Å². The van der Waals surface area contributed by atoms with Gasteiger partial charge in [0.05, 0.1) is 17.6 Å². The number of aromatic nitrogens is 3. The zero-order valence-corrected chi connectivity index (χ0v) is 22.6. The van der Waals surface area contributed by atoms with Gasteiger partial charge in [0, 0.05) is 37.3 Å². The van der Waals surface area contributed by atoms with Crippen molar-refractivity contribution in [1.29, 1.82) is 0 Å². The van der Waals surface area contributed by atoms with E-state index in [1.807, 2.05) is 37.6 Å². The molecule has 1 aliphatic heterocycles. The highest BCUT2D eigenvalue weighted by Crippen LogP contribution is 2.37. The lowest BCUT2D eigenvalue weighted by molar-refractivity contribution is 0.321. The number of anilines is 2. The number of rotatable bonds is 6. The number of fused-ring (bicyclic) bond motifs is 1. The van der Waals surface area contributed by atoms with Gasteiger partial charge in [-0.15, -0.1) is 11.3 Å². The molecule has 0 amide bonds. The maximum atomic E-state index is 11.9. The fourth-order valence-corrected chi connectivity index (χ4v) is 6.61. The van der Waals surface area contributed by atoms with Gasteiger partial charge in [-0.25, -0.2) is 22.7 Å². The number of sulfonamides is 1. The van der Waals surface area contributed by atoms with Crippen molar-refractivity contribution in [1.82, 2.24) is 18.7 Å². The maximum Gasteiger partial charge on any atom is 0.211 e. The van der Waals surface area contributed by atoms with E-state index in [2.05, 4.69) is 28.5 Å². The minimum atomic E-state index is -3.15. The van der Waals surface area contributed by atoms with Crippen molar-refractivity contribution in [2.75, 3.05) is 31.3 Å². The van der Waals surface area contributed by atoms with Crippen LogP contribution in [0.3, 0.4) is 0 Å². The van der Waals surface area contributed by atoms with Gasteiger partial charge in [-0.05, 0) is 61.4 Å². The molecule has 0 radical (unpaired) electrons. The fourth-order valence-electron chi connectivity index (χ4n) is 4.94. The summed E-state index contributed by atoms with van der Waals surface area (Å²) in [5.41, 5.74) is 5.50. The molecule has 4 aromatic rings. The van der Waals surface area contributed by atoms with E-state index in [0.29, 0.717) is 24.6 Å². The normalized spacial score (nSPS) is 15.6. The average Bonchev–Trinajstić information content (AvgIpc) is 3.48. The smallest absolute Gasteiger partial charge is 0.211 e. The number of pyridine rings is 1. The van der Waals surface area contributed by atoms with Crippen LogP contribution < -0.4 is 4.90 Å². The summed E-state index contributed by atoms with van der Waals surface area (Å²) in [5.74, 6) is 1.50. The second-order valence-corrected chi connectivity index (χ2v) is 12.3. The van der Waals surface area contributed by atoms with E-state index in [-0.39, 0.29) is 5.75 Å². The molecule has 0 bridgehead atoms. The molecule has 190 valence electrons. The van der Waals surface area contributed by atoms with Crippen molar-refractivity contribution in [2.45, 2.75) is 39.0 Å². The minimum absolute atomic E-state index is 0.227. The third-order valence-electron chi connectivity index (χ3n) is 6.94. The number of imidazole rings is 1. The van der Waals surface area contributed by atoms with E-state index in [0.717, 1.165) is 52.8 Å². The largest absolute Gasteiger partial charge is 0.507 e. The number of hydrogen-bond acceptors (Lipinski definition) is 7. The number of aryl methyl sites for hydroxylation is 2. The summed E-state index contributed by atoms with van der Waals surface area (Å²) in [6.07, 6.45) is 5.81. The molecule has 5 rings (SSSR count). The van der Waals surface area contributed by atoms with Crippen molar-refractivity contribution in [3.05, 3.63) is 58.7 Å². The first-order valence-electron chi connectivity index (χ1n) is 12.1. The Balaban J connectivity index is 1.47. The highest BCUT2D eigenvalue weighted by atomic mass is 32.2. The Morgan fingerprint density at radius 1 is 1.17 bits per heavy atom. The Labute approximate surface area is 215 Å². The highest BCUT2D eigenvalue weighted by Gasteiger charge is 2.27. The lowest BCUT2D eigenvalue weighted by Gasteiger charge is -2.30. The molecule has 0 aliphatic carbocycles. The number of aromatic hydroxyl groups is 1. The predicted molar refractivity (Wildman–Crippen MR) is 145 cm³/mol. The van der Waals surface area contributed by atoms with Gasteiger partial charge in [-0.3, -0.25) is 4.40 Å². The summed E-state index contributed by atoms with van der Waals surface area (Å²) in [5, 5.41) is 13.2. The average molecular weight is 526 g/mol. The van der Waals surface area contributed by atoms with E-state index in [1.54, 1.807) is 10.4 Å². The molecule has 8 nitrogen and oxygen atoms in total. The van der Waals surface area contributed by atoms with Crippen LogP contribution in [0.15, 0.2) is 41.9 Å². The minimum Gasteiger partial charge on any atom is -0.507 e. The Hall–Kier alpha value is -2.95. The molecule has 0 unspecified atom stereocenters. The topological polar surface area (TPSA) is 91.0 Å². The van der Waals surface area contributed by atoms with Crippen molar-refractivity contribution in [3.63, 3.8) is 0 Å². The van der Waals surface area contributed by atoms with Crippen LogP contribution in [0.4, 0.5) is 10.9 Å². The summed E-state index contributed by atoms with van der Waals surface area (Å²) in [4.78, 5) is 11.8. The number of hydrogen-bond donors (Lipinski definition) is 1. The quantitative estimate of drug-likeness (QED) is 0.383. The molecule has 1 fully saturated rings. The summed E-state index contributed by atoms with van der Waals surface area (Å²) < 4.78 is 27.5. The third-order valence-corrected chi connectivity index (χ3v) is 9.16. The lowest BCUT2D eigenvalue weighted by Crippen LogP contribution is -2.37. The van der Waals surface area contributed by atoms with Gasteiger partial charge >= 0.3 is 0 Å². The molecule has 1 aromatic carbocycles. The fraction of sp³-hybridized carbons (Fsp3) is 0.385. The van der Waals surface area contributed by atoms with E-state index in [1.165, 1.54) is 23.2 Å². The summed E-state index contributed by atoms with van der Waals surface area (Å²) in [6, 6.07) is 9.79. The summed E-state index contributed by atoms with van der Waals surface area (Å²) >= 11 is 1.53. The first-order chi connectivity index (χ1) is 17.2. The van der Waals surface area contributed by atoms with E-state index < -0.39 is 10.0 Å². The Morgan fingerprint density at radius 3 is 2.58 bits per heavy atom. The van der Waals surface area contributed by atoms with Crippen LogP contribution in [0.1, 0.15) is 42.5 Å². The molecule has 0 atom stereocenters. The third kappa shape index (κ3) is 4.60. The van der Waals surface area contributed by atoms with Crippen LogP contribution in [0.5, 0.6) is 5.75 Å². The lowest BCUT2D eigenvalue weighted by atomic mass is 9.91. The summed E-state index contributed by atoms with van der Waals surface area (Å²) in [7, 11) is -1.15. The Kier molecular flexibility index (Phi) is 6.52. The molecule has 1 N–H and O–H groups in total. The molecule has 1 aliphatic rings. The monoisotopic (exact) mass is 525 g/mol. The highest BCUT2D eigenvalue weighted by molar-refractivity contribution is 7.88. The second-order valence-electron chi connectivity index (χ2n) is 9.46. The number of nitrogens with zero attached hydrogens (tertiary/aromatic N) is 5. The predicted octanol–water partition coefficient (Wildman–Crippen LogP) is 4.94. The number of phenolic OH excluding ortho intramolecular Hbond substituents is 1. The zero-order valence-electron chi connectivity index (χ0n) is 21.0. The second kappa shape index (κ2) is 9.49. The van der Waals surface area contributed by atoms with Crippen LogP contribution >= 0.6 is 11.3 Å². The standard InChI is InChI=1S/C26H31N5O3S2/c1-5-21-25(29(3)26-28-22(16-35-26)20-8-6-17(2)14-23(20)32)31-15-19(7-9-24(31)27-21)18-10-12-30(13-11-18)36(4,33)34/h6-9,14-16,18,32H,5,10-13H2,1-4H3. The molecule has 1 saturated heterocycles. The van der Waals surface area contributed by atoms with Crippen molar-refractivity contribution in [2.24, 2.45) is 0 Å².